The molecule has 0 N–H and O–H groups in total. The molecule has 0 unspecified atom stereocenters. The molecule has 0 heterocycles. The third-order valence-electron chi connectivity index (χ3n) is 2.80. The highest BCUT2D eigenvalue weighted by Gasteiger charge is 2.27. The maximum Gasteiger partial charge on any atom is 0.126 e. The molecule has 2 nitrogen and oxygen atoms in total. The zero-order chi connectivity index (χ0) is 13.2. The molecule has 0 amide bonds. The standard InChI is InChI=1S/C14H14Br2O2/c1-17-12-6-4-3-5-10(12)11-9-14(15,16)8-7-13(11)18-2/h3-7,9H,8H2,1-2H3. The first-order valence-electron chi connectivity index (χ1n) is 5.56. The first-order valence-corrected chi connectivity index (χ1v) is 7.14. The van der Waals surface area contributed by atoms with Crippen LogP contribution in [-0.2, 0) is 4.74 Å². The van der Waals surface area contributed by atoms with Gasteiger partial charge in [0.05, 0.1) is 14.2 Å². The summed E-state index contributed by atoms with van der Waals surface area (Å²) < 4.78 is 10.6. The fraction of sp³-hybridized carbons (Fsp3) is 0.286. The van der Waals surface area contributed by atoms with Gasteiger partial charge in [0.2, 0.25) is 0 Å². The molecular formula is C14H14Br2O2. The number of rotatable bonds is 3. The van der Waals surface area contributed by atoms with Crippen molar-refractivity contribution in [2.24, 2.45) is 0 Å². The van der Waals surface area contributed by atoms with Crippen LogP contribution in [0, 0.1) is 0 Å². The molecule has 0 fully saturated rings. The molecule has 0 saturated heterocycles. The number of ether oxygens (including phenoxy) is 2. The second-order valence-electron chi connectivity index (χ2n) is 4.00. The third kappa shape index (κ3) is 2.81. The van der Waals surface area contributed by atoms with E-state index in [2.05, 4.69) is 44.0 Å². The van der Waals surface area contributed by atoms with Crippen LogP contribution in [0.3, 0.4) is 0 Å². The summed E-state index contributed by atoms with van der Waals surface area (Å²) in [6.45, 7) is 0. The summed E-state index contributed by atoms with van der Waals surface area (Å²) in [7, 11) is 3.36. The highest BCUT2D eigenvalue weighted by atomic mass is 79.9. The van der Waals surface area contributed by atoms with Gasteiger partial charge in [-0.15, -0.1) is 0 Å². The number of methoxy groups -OCH3 is 2. The van der Waals surface area contributed by atoms with Crippen LogP contribution in [0.25, 0.3) is 5.57 Å². The highest BCUT2D eigenvalue weighted by Crippen LogP contribution is 2.43. The Labute approximate surface area is 124 Å². The van der Waals surface area contributed by atoms with Gasteiger partial charge in [-0.25, -0.2) is 0 Å². The molecule has 4 heteroatoms. The summed E-state index contributed by atoms with van der Waals surface area (Å²) in [5.74, 6) is 1.71. The lowest BCUT2D eigenvalue weighted by atomic mass is 9.97. The molecule has 18 heavy (non-hydrogen) atoms. The summed E-state index contributed by atoms with van der Waals surface area (Å²) in [4.78, 5) is 0. The van der Waals surface area contributed by atoms with Crippen molar-refractivity contribution in [2.75, 3.05) is 14.2 Å². The minimum atomic E-state index is -0.224. The van der Waals surface area contributed by atoms with E-state index in [1.165, 1.54) is 0 Å². The van der Waals surface area contributed by atoms with Gasteiger partial charge < -0.3 is 9.47 Å². The maximum atomic E-state index is 5.45. The summed E-state index contributed by atoms with van der Waals surface area (Å²) in [5.41, 5.74) is 2.05. The molecule has 1 aliphatic carbocycles. The molecule has 0 radical (unpaired) electrons. The summed E-state index contributed by atoms with van der Waals surface area (Å²) in [6, 6.07) is 7.92. The van der Waals surface area contributed by atoms with E-state index < -0.39 is 0 Å². The molecular weight excluding hydrogens is 360 g/mol. The van der Waals surface area contributed by atoms with Crippen LogP contribution in [0.1, 0.15) is 12.0 Å². The average Bonchev–Trinajstić information content (AvgIpc) is 2.37. The van der Waals surface area contributed by atoms with Crippen LogP contribution >= 0.6 is 31.9 Å². The molecule has 1 aromatic carbocycles. The Kier molecular flexibility index (Phi) is 4.17. The van der Waals surface area contributed by atoms with Gasteiger partial charge in [-0.05, 0) is 24.6 Å². The molecule has 0 aromatic heterocycles. The largest absolute Gasteiger partial charge is 0.496 e. The van der Waals surface area contributed by atoms with Crippen molar-refractivity contribution in [3.63, 3.8) is 0 Å². The highest BCUT2D eigenvalue weighted by molar-refractivity contribution is 9.25. The van der Waals surface area contributed by atoms with E-state index in [0.29, 0.717) is 0 Å². The number of hydrogen-bond donors (Lipinski definition) is 0. The van der Waals surface area contributed by atoms with Crippen LogP contribution in [0.2, 0.25) is 0 Å². The van der Waals surface area contributed by atoms with Gasteiger partial charge in [0, 0.05) is 11.1 Å². The Morgan fingerprint density at radius 3 is 2.50 bits per heavy atom. The minimum Gasteiger partial charge on any atom is -0.496 e. The Balaban J connectivity index is 2.52. The van der Waals surface area contributed by atoms with Crippen LogP contribution in [-0.4, -0.2) is 17.5 Å². The lowest BCUT2D eigenvalue weighted by Gasteiger charge is -2.24. The third-order valence-corrected chi connectivity index (χ3v) is 3.90. The van der Waals surface area contributed by atoms with Gasteiger partial charge in [0.1, 0.15) is 14.7 Å². The van der Waals surface area contributed by atoms with Gasteiger partial charge in [-0.2, -0.15) is 0 Å². The normalized spacial score (nSPS) is 17.8. The average molecular weight is 374 g/mol. The maximum absolute atomic E-state index is 5.45. The Hall–Kier alpha value is -0.740. The van der Waals surface area contributed by atoms with E-state index in [9.17, 15) is 0 Å². The molecule has 96 valence electrons. The Morgan fingerprint density at radius 2 is 1.83 bits per heavy atom. The van der Waals surface area contributed by atoms with Crippen LogP contribution in [0.15, 0.2) is 42.2 Å². The van der Waals surface area contributed by atoms with Gasteiger partial charge in [-0.1, -0.05) is 50.1 Å². The summed E-state index contributed by atoms with van der Waals surface area (Å²) in [6.07, 6.45) is 4.99. The second-order valence-corrected chi connectivity index (χ2v) is 7.89. The lowest BCUT2D eigenvalue weighted by Crippen LogP contribution is -2.13. The molecule has 0 spiro atoms. The van der Waals surface area contributed by atoms with E-state index in [1.54, 1.807) is 14.2 Å². The van der Waals surface area contributed by atoms with Crippen molar-refractivity contribution in [1.82, 2.24) is 0 Å². The predicted molar refractivity (Wildman–Crippen MR) is 81.3 cm³/mol. The number of allylic oxidation sites excluding steroid dienone is 3. The van der Waals surface area contributed by atoms with Crippen molar-refractivity contribution in [2.45, 2.75) is 9.65 Å². The second kappa shape index (κ2) is 5.49. The van der Waals surface area contributed by atoms with Crippen LogP contribution < -0.4 is 4.74 Å². The number of halogens is 2. The first-order chi connectivity index (χ1) is 8.57. The van der Waals surface area contributed by atoms with Gasteiger partial charge in [0.15, 0.2) is 0 Å². The zero-order valence-electron chi connectivity index (χ0n) is 10.2. The SMILES string of the molecule is COC1=CCC(Br)(Br)C=C1c1ccccc1OC. The van der Waals surface area contributed by atoms with Gasteiger partial charge in [0.25, 0.3) is 0 Å². The number of benzene rings is 1. The van der Waals surface area contributed by atoms with E-state index >= 15 is 0 Å². The number of hydrogen-bond acceptors (Lipinski definition) is 2. The summed E-state index contributed by atoms with van der Waals surface area (Å²) >= 11 is 7.27. The quantitative estimate of drug-likeness (QED) is 0.726. The fourth-order valence-electron chi connectivity index (χ4n) is 1.95. The molecule has 1 aliphatic rings. The topological polar surface area (TPSA) is 18.5 Å². The molecule has 1 aromatic rings. The number of alkyl halides is 2. The van der Waals surface area contributed by atoms with Crippen molar-refractivity contribution >= 4 is 37.4 Å². The van der Waals surface area contributed by atoms with Crippen molar-refractivity contribution in [3.05, 3.63) is 47.7 Å². The monoisotopic (exact) mass is 372 g/mol. The van der Waals surface area contributed by atoms with Crippen LogP contribution in [0.4, 0.5) is 0 Å². The summed E-state index contributed by atoms with van der Waals surface area (Å²) in [5, 5.41) is 0. The van der Waals surface area contributed by atoms with E-state index in [0.717, 1.165) is 29.1 Å². The van der Waals surface area contributed by atoms with Crippen molar-refractivity contribution < 1.29 is 9.47 Å². The Morgan fingerprint density at radius 1 is 1.11 bits per heavy atom. The molecule has 0 saturated carbocycles. The van der Waals surface area contributed by atoms with Crippen LogP contribution in [0.5, 0.6) is 5.75 Å². The predicted octanol–water partition coefficient (Wildman–Crippen LogP) is 4.50. The van der Waals surface area contributed by atoms with Gasteiger partial charge in [-0.3, -0.25) is 0 Å². The zero-order valence-corrected chi connectivity index (χ0v) is 13.4. The minimum absolute atomic E-state index is 0.224. The van der Waals surface area contributed by atoms with E-state index in [4.69, 9.17) is 9.47 Å². The fourth-order valence-corrected chi connectivity index (χ4v) is 2.73. The van der Waals surface area contributed by atoms with Crippen molar-refractivity contribution in [3.8, 4) is 5.75 Å². The van der Waals surface area contributed by atoms with Gasteiger partial charge >= 0.3 is 0 Å². The van der Waals surface area contributed by atoms with Crippen molar-refractivity contribution in [1.29, 1.82) is 0 Å². The lowest BCUT2D eigenvalue weighted by molar-refractivity contribution is 0.307. The first kappa shape index (κ1) is 13.7. The van der Waals surface area contributed by atoms with E-state index in [-0.39, 0.29) is 3.23 Å². The molecule has 0 atom stereocenters. The van der Waals surface area contributed by atoms with E-state index in [1.807, 2.05) is 24.3 Å². The smallest absolute Gasteiger partial charge is 0.126 e. The number of para-hydroxylation sites is 1. The molecule has 0 aliphatic heterocycles. The molecule has 2 rings (SSSR count). The Bertz CT molecular complexity index is 504. The molecule has 0 bridgehead atoms.